The number of aryl methyl sites for hydroxylation is 2. The number of hydrogen-bond donors (Lipinski definition) is 0. The molecule has 1 aliphatic rings. The highest BCUT2D eigenvalue weighted by Crippen LogP contribution is 2.33. The van der Waals surface area contributed by atoms with Crippen LogP contribution in [0, 0.1) is 6.92 Å². The fourth-order valence-electron chi connectivity index (χ4n) is 2.45. The zero-order chi connectivity index (χ0) is 10.1. The quantitative estimate of drug-likeness (QED) is 0.687. The monoisotopic (exact) mass is 208 g/mol. The van der Waals surface area contributed by atoms with Crippen molar-refractivity contribution >= 4 is 11.6 Å². The molecule has 1 aliphatic carbocycles. The Kier molecular flexibility index (Phi) is 2.83. The third kappa shape index (κ3) is 1.56. The summed E-state index contributed by atoms with van der Waals surface area (Å²) in [5, 5.41) is 1.02. The van der Waals surface area contributed by atoms with Crippen LogP contribution in [0.3, 0.4) is 0 Å². The number of halogens is 1. The summed E-state index contributed by atoms with van der Waals surface area (Å²) in [6.45, 7) is 4.38. The van der Waals surface area contributed by atoms with E-state index >= 15 is 0 Å². The molecule has 0 fully saturated rings. The Bertz CT molecular complexity index is 353. The first-order chi connectivity index (χ1) is 6.74. The van der Waals surface area contributed by atoms with E-state index in [0.29, 0.717) is 0 Å². The predicted molar refractivity (Wildman–Crippen MR) is 62.2 cm³/mol. The van der Waals surface area contributed by atoms with Gasteiger partial charge in [-0.15, -0.1) is 0 Å². The van der Waals surface area contributed by atoms with Gasteiger partial charge in [-0.25, -0.2) is 0 Å². The Hall–Kier alpha value is -0.490. The summed E-state index contributed by atoms with van der Waals surface area (Å²) in [4.78, 5) is 0. The van der Waals surface area contributed by atoms with Crippen LogP contribution in [0.5, 0.6) is 0 Å². The molecule has 0 amide bonds. The molecule has 0 N–H and O–H groups in total. The van der Waals surface area contributed by atoms with Crippen molar-refractivity contribution in [3.8, 4) is 0 Å². The molecule has 0 saturated carbocycles. The Balaban J connectivity index is 2.49. The average Bonchev–Trinajstić information content (AvgIpc) is 2.62. The standard InChI is InChI=1S/C13H17Cl/c1-3-5-11-8-10-6-4-7-12(10)9(2)13(11)14/h8H,3-7H2,1-2H3. The Labute approximate surface area is 91.3 Å². The van der Waals surface area contributed by atoms with Crippen LogP contribution in [0.1, 0.15) is 42.0 Å². The van der Waals surface area contributed by atoms with Gasteiger partial charge in [0.25, 0.3) is 0 Å². The largest absolute Gasteiger partial charge is 0.0837 e. The summed E-state index contributed by atoms with van der Waals surface area (Å²) in [5.74, 6) is 0. The molecule has 0 spiro atoms. The van der Waals surface area contributed by atoms with Crippen molar-refractivity contribution in [3.63, 3.8) is 0 Å². The first-order valence-electron chi connectivity index (χ1n) is 5.53. The maximum absolute atomic E-state index is 6.36. The highest BCUT2D eigenvalue weighted by molar-refractivity contribution is 6.32. The smallest absolute Gasteiger partial charge is 0.0470 e. The van der Waals surface area contributed by atoms with Crippen molar-refractivity contribution in [2.75, 3.05) is 0 Å². The van der Waals surface area contributed by atoms with E-state index in [2.05, 4.69) is 19.9 Å². The lowest BCUT2D eigenvalue weighted by atomic mass is 9.98. The maximum Gasteiger partial charge on any atom is 0.0470 e. The van der Waals surface area contributed by atoms with Crippen molar-refractivity contribution in [1.29, 1.82) is 0 Å². The molecule has 2 rings (SSSR count). The molecule has 0 bridgehead atoms. The van der Waals surface area contributed by atoms with Gasteiger partial charge in [0.05, 0.1) is 0 Å². The predicted octanol–water partition coefficient (Wildman–Crippen LogP) is 4.09. The molecule has 1 heteroatoms. The second kappa shape index (κ2) is 3.94. The molecule has 0 radical (unpaired) electrons. The number of hydrogen-bond acceptors (Lipinski definition) is 0. The molecule has 0 aliphatic heterocycles. The SMILES string of the molecule is CCCc1cc2c(c(C)c1Cl)CCC2. The fraction of sp³-hybridized carbons (Fsp3) is 0.538. The lowest BCUT2D eigenvalue weighted by Crippen LogP contribution is -1.95. The van der Waals surface area contributed by atoms with Crippen molar-refractivity contribution in [1.82, 2.24) is 0 Å². The third-order valence-electron chi connectivity index (χ3n) is 3.19. The summed E-state index contributed by atoms with van der Waals surface area (Å²) in [5.41, 5.74) is 5.77. The van der Waals surface area contributed by atoms with Gasteiger partial charge in [-0.05, 0) is 54.9 Å². The van der Waals surface area contributed by atoms with E-state index in [1.807, 2.05) is 0 Å². The van der Waals surface area contributed by atoms with Crippen molar-refractivity contribution in [2.45, 2.75) is 46.0 Å². The zero-order valence-electron chi connectivity index (χ0n) is 8.99. The summed E-state index contributed by atoms with van der Waals surface area (Å²) in [6, 6.07) is 2.33. The van der Waals surface area contributed by atoms with Crippen LogP contribution in [0.2, 0.25) is 5.02 Å². The van der Waals surface area contributed by atoms with E-state index in [0.717, 1.165) is 11.4 Å². The molecule has 0 unspecified atom stereocenters. The normalized spacial score (nSPS) is 14.5. The molecular weight excluding hydrogens is 192 g/mol. The highest BCUT2D eigenvalue weighted by Gasteiger charge is 2.17. The molecule has 0 heterocycles. The van der Waals surface area contributed by atoms with Gasteiger partial charge >= 0.3 is 0 Å². The van der Waals surface area contributed by atoms with E-state index in [1.165, 1.54) is 42.4 Å². The number of rotatable bonds is 2. The lowest BCUT2D eigenvalue weighted by Gasteiger charge is -2.11. The van der Waals surface area contributed by atoms with Crippen LogP contribution in [0.4, 0.5) is 0 Å². The molecule has 14 heavy (non-hydrogen) atoms. The molecule has 1 aromatic rings. The number of benzene rings is 1. The van der Waals surface area contributed by atoms with Crippen LogP contribution in [0.15, 0.2) is 6.07 Å². The van der Waals surface area contributed by atoms with Crippen LogP contribution in [0.25, 0.3) is 0 Å². The van der Waals surface area contributed by atoms with E-state index < -0.39 is 0 Å². The van der Waals surface area contributed by atoms with Gasteiger partial charge < -0.3 is 0 Å². The van der Waals surface area contributed by atoms with E-state index in [-0.39, 0.29) is 0 Å². The highest BCUT2D eigenvalue weighted by atomic mass is 35.5. The maximum atomic E-state index is 6.36. The van der Waals surface area contributed by atoms with Gasteiger partial charge in [-0.2, -0.15) is 0 Å². The molecule has 0 atom stereocenters. The molecule has 0 aromatic heterocycles. The zero-order valence-corrected chi connectivity index (χ0v) is 9.75. The first kappa shape index (κ1) is 10.0. The lowest BCUT2D eigenvalue weighted by molar-refractivity contribution is 0.906. The second-order valence-corrected chi connectivity index (χ2v) is 4.59. The first-order valence-corrected chi connectivity index (χ1v) is 5.91. The fourth-order valence-corrected chi connectivity index (χ4v) is 2.72. The Morgan fingerprint density at radius 2 is 2.14 bits per heavy atom. The summed E-state index contributed by atoms with van der Waals surface area (Å²) in [6.07, 6.45) is 6.09. The minimum Gasteiger partial charge on any atom is -0.0837 e. The number of fused-ring (bicyclic) bond motifs is 1. The molecule has 76 valence electrons. The van der Waals surface area contributed by atoms with Crippen LogP contribution in [-0.2, 0) is 19.3 Å². The summed E-state index contributed by atoms with van der Waals surface area (Å²) < 4.78 is 0. The minimum absolute atomic E-state index is 1.02. The van der Waals surface area contributed by atoms with E-state index in [4.69, 9.17) is 11.6 Å². The second-order valence-electron chi connectivity index (χ2n) is 4.22. The van der Waals surface area contributed by atoms with Crippen molar-refractivity contribution in [3.05, 3.63) is 33.3 Å². The van der Waals surface area contributed by atoms with Gasteiger partial charge in [0.15, 0.2) is 0 Å². The Morgan fingerprint density at radius 1 is 1.36 bits per heavy atom. The molecule has 0 saturated heterocycles. The van der Waals surface area contributed by atoms with Crippen LogP contribution in [-0.4, -0.2) is 0 Å². The van der Waals surface area contributed by atoms with Gasteiger partial charge in [0.1, 0.15) is 0 Å². The average molecular weight is 209 g/mol. The molecule has 1 aromatic carbocycles. The summed E-state index contributed by atoms with van der Waals surface area (Å²) >= 11 is 6.36. The summed E-state index contributed by atoms with van der Waals surface area (Å²) in [7, 11) is 0. The Morgan fingerprint density at radius 3 is 2.86 bits per heavy atom. The van der Waals surface area contributed by atoms with Crippen LogP contribution >= 0.6 is 11.6 Å². The van der Waals surface area contributed by atoms with Gasteiger partial charge in [0, 0.05) is 5.02 Å². The van der Waals surface area contributed by atoms with Crippen LogP contribution < -0.4 is 0 Å². The molecule has 0 nitrogen and oxygen atoms in total. The van der Waals surface area contributed by atoms with E-state index in [1.54, 1.807) is 5.56 Å². The van der Waals surface area contributed by atoms with Gasteiger partial charge in [-0.1, -0.05) is 31.0 Å². The topological polar surface area (TPSA) is 0 Å². The molecular formula is C13H17Cl. The van der Waals surface area contributed by atoms with Crippen molar-refractivity contribution in [2.24, 2.45) is 0 Å². The van der Waals surface area contributed by atoms with Gasteiger partial charge in [-0.3, -0.25) is 0 Å². The van der Waals surface area contributed by atoms with E-state index in [9.17, 15) is 0 Å². The minimum atomic E-state index is 1.02. The van der Waals surface area contributed by atoms with Gasteiger partial charge in [0.2, 0.25) is 0 Å². The third-order valence-corrected chi connectivity index (χ3v) is 3.72. The van der Waals surface area contributed by atoms with Crippen molar-refractivity contribution < 1.29 is 0 Å².